The highest BCUT2D eigenvalue weighted by molar-refractivity contribution is 5.76. The van der Waals surface area contributed by atoms with Crippen LogP contribution in [0.25, 0.3) is 0 Å². The van der Waals surface area contributed by atoms with E-state index in [9.17, 15) is 4.79 Å². The number of methoxy groups -OCH3 is 1. The Balaban J connectivity index is 2.54. The van der Waals surface area contributed by atoms with E-state index in [2.05, 4.69) is 19.2 Å². The number of carbonyl (C=O) groups excluding carboxylic acids is 1. The maximum Gasteiger partial charge on any atom is 0.323 e. The van der Waals surface area contributed by atoms with Crippen molar-refractivity contribution in [3.8, 4) is 0 Å². The van der Waals surface area contributed by atoms with Gasteiger partial charge in [0, 0.05) is 6.04 Å². The number of esters is 1. The second kappa shape index (κ2) is 4.52. The van der Waals surface area contributed by atoms with E-state index in [0.717, 1.165) is 0 Å². The summed E-state index contributed by atoms with van der Waals surface area (Å²) in [6, 6.07) is 0.200. The molecule has 1 saturated carbocycles. The molecule has 15 heavy (non-hydrogen) atoms. The second-order valence-electron chi connectivity index (χ2n) is 5.29. The first-order valence-corrected chi connectivity index (χ1v) is 5.74. The molecule has 88 valence electrons. The molecule has 1 fully saturated rings. The van der Waals surface area contributed by atoms with Gasteiger partial charge in [0.25, 0.3) is 0 Å². The first-order chi connectivity index (χ1) is 6.90. The Hall–Kier alpha value is -0.570. The Morgan fingerprint density at radius 3 is 2.20 bits per heavy atom. The summed E-state index contributed by atoms with van der Waals surface area (Å²) in [5.74, 6) is 0.114. The van der Waals surface area contributed by atoms with Crippen molar-refractivity contribution in [3.05, 3.63) is 0 Å². The monoisotopic (exact) mass is 213 g/mol. The van der Waals surface area contributed by atoms with Crippen molar-refractivity contribution in [1.82, 2.24) is 5.32 Å². The third-order valence-corrected chi connectivity index (χ3v) is 3.64. The van der Waals surface area contributed by atoms with Crippen LogP contribution in [0, 0.1) is 11.3 Å². The molecular formula is C12H23NO2. The number of carbonyl (C=O) groups is 1. The molecule has 0 bridgehead atoms. The zero-order valence-electron chi connectivity index (χ0n) is 10.5. The topological polar surface area (TPSA) is 38.3 Å². The number of hydrogen-bond donors (Lipinski definition) is 1. The molecule has 3 nitrogen and oxygen atoms in total. The Kier molecular flexibility index (Phi) is 3.77. The van der Waals surface area contributed by atoms with Gasteiger partial charge in [0.2, 0.25) is 0 Å². The van der Waals surface area contributed by atoms with Gasteiger partial charge in [0.05, 0.1) is 7.11 Å². The fourth-order valence-corrected chi connectivity index (χ4v) is 1.76. The van der Waals surface area contributed by atoms with Gasteiger partial charge < -0.3 is 10.1 Å². The SMILES string of the molecule is COC(=O)[C@@H](NC(C)C1(C)CC1)C(C)C. The predicted octanol–water partition coefficient (Wildman–Crippen LogP) is 1.96. The van der Waals surface area contributed by atoms with Crippen LogP contribution < -0.4 is 5.32 Å². The quantitative estimate of drug-likeness (QED) is 0.709. The average Bonchev–Trinajstić information content (AvgIpc) is 2.92. The first kappa shape index (κ1) is 12.5. The van der Waals surface area contributed by atoms with Gasteiger partial charge in [0.1, 0.15) is 6.04 Å². The van der Waals surface area contributed by atoms with Crippen molar-refractivity contribution in [1.29, 1.82) is 0 Å². The molecule has 1 unspecified atom stereocenters. The van der Waals surface area contributed by atoms with E-state index in [-0.39, 0.29) is 17.9 Å². The molecule has 0 radical (unpaired) electrons. The molecule has 0 aromatic heterocycles. The first-order valence-electron chi connectivity index (χ1n) is 5.74. The highest BCUT2D eigenvalue weighted by Crippen LogP contribution is 2.48. The smallest absolute Gasteiger partial charge is 0.323 e. The van der Waals surface area contributed by atoms with E-state index >= 15 is 0 Å². The molecule has 1 rings (SSSR count). The van der Waals surface area contributed by atoms with Crippen molar-refractivity contribution in [2.75, 3.05) is 7.11 Å². The molecule has 0 spiro atoms. The van der Waals surface area contributed by atoms with Crippen LogP contribution in [0.2, 0.25) is 0 Å². The van der Waals surface area contributed by atoms with Crippen LogP contribution in [-0.2, 0) is 9.53 Å². The van der Waals surface area contributed by atoms with Gasteiger partial charge in [-0.05, 0) is 31.1 Å². The van der Waals surface area contributed by atoms with Crippen molar-refractivity contribution in [2.45, 2.75) is 52.6 Å². The third-order valence-electron chi connectivity index (χ3n) is 3.64. The molecule has 0 aromatic carbocycles. The summed E-state index contributed by atoms with van der Waals surface area (Å²) >= 11 is 0. The maximum atomic E-state index is 11.6. The van der Waals surface area contributed by atoms with E-state index in [4.69, 9.17) is 4.74 Å². The van der Waals surface area contributed by atoms with E-state index in [1.54, 1.807) is 0 Å². The van der Waals surface area contributed by atoms with E-state index < -0.39 is 0 Å². The van der Waals surface area contributed by atoms with E-state index in [1.165, 1.54) is 20.0 Å². The summed E-state index contributed by atoms with van der Waals surface area (Å²) in [6.45, 7) is 8.50. The Morgan fingerprint density at radius 1 is 1.33 bits per heavy atom. The summed E-state index contributed by atoms with van der Waals surface area (Å²) in [6.07, 6.45) is 2.51. The largest absolute Gasteiger partial charge is 0.468 e. The lowest BCUT2D eigenvalue weighted by Gasteiger charge is -2.27. The van der Waals surface area contributed by atoms with Gasteiger partial charge in [-0.25, -0.2) is 0 Å². The number of nitrogens with one attached hydrogen (secondary N) is 1. The van der Waals surface area contributed by atoms with Gasteiger partial charge in [-0.2, -0.15) is 0 Å². The lowest BCUT2D eigenvalue weighted by molar-refractivity contribution is -0.144. The maximum absolute atomic E-state index is 11.6. The summed E-state index contributed by atoms with van der Waals surface area (Å²) in [4.78, 5) is 11.6. The normalized spacial score (nSPS) is 22.3. The molecule has 0 aromatic rings. The van der Waals surface area contributed by atoms with Crippen LogP contribution in [-0.4, -0.2) is 25.2 Å². The van der Waals surface area contributed by atoms with Crippen molar-refractivity contribution in [3.63, 3.8) is 0 Å². The summed E-state index contributed by atoms with van der Waals surface area (Å²) in [5, 5.41) is 3.40. The Morgan fingerprint density at radius 2 is 1.87 bits per heavy atom. The van der Waals surface area contributed by atoms with Crippen LogP contribution in [0.15, 0.2) is 0 Å². The number of hydrogen-bond acceptors (Lipinski definition) is 3. The number of ether oxygens (including phenoxy) is 1. The van der Waals surface area contributed by atoms with E-state index in [0.29, 0.717) is 11.5 Å². The molecule has 0 amide bonds. The molecule has 1 aliphatic rings. The standard InChI is InChI=1S/C12H23NO2/c1-8(2)10(11(14)15-5)13-9(3)12(4)6-7-12/h8-10,13H,6-7H2,1-5H3/t9?,10-/m0/s1. The fourth-order valence-electron chi connectivity index (χ4n) is 1.76. The van der Waals surface area contributed by atoms with Crippen LogP contribution in [0.5, 0.6) is 0 Å². The molecular weight excluding hydrogens is 190 g/mol. The summed E-state index contributed by atoms with van der Waals surface area (Å²) < 4.78 is 4.81. The zero-order valence-corrected chi connectivity index (χ0v) is 10.5. The molecule has 1 N–H and O–H groups in total. The lowest BCUT2D eigenvalue weighted by Crippen LogP contribution is -2.48. The second-order valence-corrected chi connectivity index (χ2v) is 5.29. The summed E-state index contributed by atoms with van der Waals surface area (Å²) in [7, 11) is 1.45. The van der Waals surface area contributed by atoms with Crippen LogP contribution in [0.4, 0.5) is 0 Å². The number of rotatable bonds is 5. The highest BCUT2D eigenvalue weighted by atomic mass is 16.5. The molecule has 0 heterocycles. The minimum absolute atomic E-state index is 0.152. The van der Waals surface area contributed by atoms with Gasteiger partial charge in [-0.3, -0.25) is 4.79 Å². The minimum Gasteiger partial charge on any atom is -0.468 e. The van der Waals surface area contributed by atoms with E-state index in [1.807, 2.05) is 13.8 Å². The van der Waals surface area contributed by atoms with Crippen molar-refractivity contribution < 1.29 is 9.53 Å². The lowest BCUT2D eigenvalue weighted by atomic mass is 9.97. The zero-order chi connectivity index (χ0) is 11.6. The van der Waals surface area contributed by atoms with Gasteiger partial charge in [0.15, 0.2) is 0 Å². The highest BCUT2D eigenvalue weighted by Gasteiger charge is 2.43. The average molecular weight is 213 g/mol. The minimum atomic E-state index is -0.178. The third kappa shape index (κ3) is 2.94. The van der Waals surface area contributed by atoms with Gasteiger partial charge in [-0.15, -0.1) is 0 Å². The van der Waals surface area contributed by atoms with Crippen LogP contribution in [0.1, 0.15) is 40.5 Å². The Bertz CT molecular complexity index is 234. The van der Waals surface area contributed by atoms with Gasteiger partial charge in [-0.1, -0.05) is 20.8 Å². The van der Waals surface area contributed by atoms with Gasteiger partial charge >= 0.3 is 5.97 Å². The molecule has 3 heteroatoms. The van der Waals surface area contributed by atoms with Crippen LogP contribution >= 0.6 is 0 Å². The van der Waals surface area contributed by atoms with Crippen molar-refractivity contribution >= 4 is 5.97 Å². The Labute approximate surface area is 92.6 Å². The summed E-state index contributed by atoms with van der Waals surface area (Å²) in [5.41, 5.74) is 0.390. The predicted molar refractivity (Wildman–Crippen MR) is 60.6 cm³/mol. The molecule has 0 saturated heterocycles. The fraction of sp³-hybridized carbons (Fsp3) is 0.917. The molecule has 0 aliphatic heterocycles. The van der Waals surface area contributed by atoms with Crippen LogP contribution in [0.3, 0.4) is 0 Å². The molecule has 1 aliphatic carbocycles. The van der Waals surface area contributed by atoms with Crippen molar-refractivity contribution in [2.24, 2.45) is 11.3 Å². The molecule has 2 atom stereocenters.